The van der Waals surface area contributed by atoms with Gasteiger partial charge in [-0.05, 0) is 18.6 Å². The van der Waals surface area contributed by atoms with Crippen LogP contribution in [0.1, 0.15) is 30.8 Å². The van der Waals surface area contributed by atoms with E-state index in [1.165, 1.54) is 6.92 Å². The molecule has 1 aliphatic rings. The molecule has 0 radical (unpaired) electrons. The minimum atomic E-state index is -0.752. The van der Waals surface area contributed by atoms with Crippen LogP contribution in [0.15, 0.2) is 16.7 Å². The molecule has 1 fully saturated rings. The minimum Gasteiger partial charge on any atom is -0.354 e. The lowest BCUT2D eigenvalue weighted by atomic mass is 9.97. The van der Waals surface area contributed by atoms with Crippen molar-refractivity contribution < 1.29 is 9.32 Å². The van der Waals surface area contributed by atoms with Crippen LogP contribution < -0.4 is 10.2 Å². The summed E-state index contributed by atoms with van der Waals surface area (Å²) in [5, 5.41) is 16.3. The van der Waals surface area contributed by atoms with Gasteiger partial charge in [-0.15, -0.1) is 0 Å². The molecule has 124 valence electrons. The second-order valence-corrected chi connectivity index (χ2v) is 6.09. The maximum Gasteiger partial charge on any atom is 0.223 e. The average molecular weight is 347 g/mol. The second-order valence-electron chi connectivity index (χ2n) is 5.68. The van der Waals surface area contributed by atoms with Crippen LogP contribution in [0.25, 0.3) is 0 Å². The summed E-state index contributed by atoms with van der Waals surface area (Å²) in [5.74, 6) is 1.31. The predicted molar refractivity (Wildman–Crippen MR) is 85.3 cm³/mol. The minimum absolute atomic E-state index is 0.168. The number of aryl methyl sites for hydroxylation is 1. The number of nitrogens with one attached hydrogen (secondary N) is 1. The van der Waals surface area contributed by atoms with Crippen molar-refractivity contribution in [2.75, 3.05) is 18.0 Å². The van der Waals surface area contributed by atoms with Crippen LogP contribution in [0.5, 0.6) is 0 Å². The highest BCUT2D eigenvalue weighted by molar-refractivity contribution is 6.31. The summed E-state index contributed by atoms with van der Waals surface area (Å²) in [7, 11) is 0. The summed E-state index contributed by atoms with van der Waals surface area (Å²) in [6, 6.07) is 5.35. The number of amides is 1. The zero-order valence-electron chi connectivity index (χ0n) is 13.2. The van der Waals surface area contributed by atoms with Crippen LogP contribution in [-0.2, 0) is 10.3 Å². The quantitative estimate of drug-likeness (QED) is 0.897. The maximum atomic E-state index is 11.7. The third kappa shape index (κ3) is 2.90. The Hall–Kier alpha value is -2.66. The molecular formula is C15H15ClN6O2. The Morgan fingerprint density at radius 2 is 2.29 bits per heavy atom. The van der Waals surface area contributed by atoms with Crippen LogP contribution in [0.3, 0.4) is 0 Å². The summed E-state index contributed by atoms with van der Waals surface area (Å²) in [6.07, 6.45) is 0.595. The third-order valence-electron chi connectivity index (χ3n) is 3.90. The van der Waals surface area contributed by atoms with E-state index in [0.717, 1.165) is 0 Å². The topological polar surface area (TPSA) is 108 Å². The van der Waals surface area contributed by atoms with Crippen molar-refractivity contribution in [3.63, 3.8) is 0 Å². The zero-order chi connectivity index (χ0) is 17.3. The Morgan fingerprint density at radius 1 is 1.50 bits per heavy atom. The van der Waals surface area contributed by atoms with Gasteiger partial charge in [0.05, 0.1) is 5.02 Å². The van der Waals surface area contributed by atoms with E-state index in [-0.39, 0.29) is 11.6 Å². The molecule has 2 aromatic rings. The van der Waals surface area contributed by atoms with E-state index < -0.39 is 5.54 Å². The summed E-state index contributed by atoms with van der Waals surface area (Å²) in [6.45, 7) is 4.19. The number of halogens is 1. The van der Waals surface area contributed by atoms with E-state index in [1.807, 2.05) is 11.0 Å². The number of carbonyl (C=O) groups excluding carboxylic acids is 1. The molecule has 0 aliphatic carbocycles. The normalized spacial score (nSPS) is 20.0. The monoisotopic (exact) mass is 346 g/mol. The number of aromatic nitrogens is 3. The van der Waals surface area contributed by atoms with Crippen LogP contribution in [0.4, 0.5) is 5.82 Å². The van der Waals surface area contributed by atoms with Gasteiger partial charge in [-0.25, -0.2) is 4.98 Å². The molecule has 1 aliphatic heterocycles. The van der Waals surface area contributed by atoms with Gasteiger partial charge in [-0.3, -0.25) is 4.79 Å². The summed E-state index contributed by atoms with van der Waals surface area (Å²) < 4.78 is 5.07. The number of rotatable bonds is 3. The Bertz CT molecular complexity index is 830. The van der Waals surface area contributed by atoms with E-state index in [0.29, 0.717) is 42.1 Å². The first kappa shape index (κ1) is 16.2. The third-order valence-corrected chi connectivity index (χ3v) is 4.21. The van der Waals surface area contributed by atoms with E-state index in [1.54, 1.807) is 19.1 Å². The van der Waals surface area contributed by atoms with E-state index in [2.05, 4.69) is 20.4 Å². The summed E-state index contributed by atoms with van der Waals surface area (Å²) in [4.78, 5) is 22.2. The molecule has 8 nitrogen and oxygen atoms in total. The number of nitriles is 1. The van der Waals surface area contributed by atoms with Gasteiger partial charge in [0.2, 0.25) is 11.8 Å². The van der Waals surface area contributed by atoms with Gasteiger partial charge >= 0.3 is 0 Å². The lowest BCUT2D eigenvalue weighted by Gasteiger charge is -2.27. The van der Waals surface area contributed by atoms with Crippen LogP contribution in [0.2, 0.25) is 5.02 Å². The first-order valence-corrected chi connectivity index (χ1v) is 7.72. The number of carbonyl (C=O) groups is 1. The Morgan fingerprint density at radius 3 is 2.92 bits per heavy atom. The zero-order valence-corrected chi connectivity index (χ0v) is 14.0. The second kappa shape index (κ2) is 6.09. The number of hydrogen-bond acceptors (Lipinski definition) is 7. The fraction of sp³-hybridized carbons (Fsp3) is 0.400. The van der Waals surface area contributed by atoms with Gasteiger partial charge in [0, 0.05) is 26.9 Å². The summed E-state index contributed by atoms with van der Waals surface area (Å²) >= 11 is 5.93. The molecule has 0 saturated carbocycles. The van der Waals surface area contributed by atoms with Gasteiger partial charge in [-0.2, -0.15) is 10.2 Å². The van der Waals surface area contributed by atoms with Gasteiger partial charge < -0.3 is 14.7 Å². The molecule has 1 saturated heterocycles. The number of hydrogen-bond donors (Lipinski definition) is 1. The molecule has 0 aromatic carbocycles. The highest BCUT2D eigenvalue weighted by Gasteiger charge is 2.44. The molecule has 2 aromatic heterocycles. The molecule has 1 N–H and O–H groups in total. The first-order valence-electron chi connectivity index (χ1n) is 7.35. The molecule has 3 rings (SSSR count). The van der Waals surface area contributed by atoms with E-state index in [9.17, 15) is 4.79 Å². The van der Waals surface area contributed by atoms with Crippen molar-refractivity contribution in [2.45, 2.75) is 25.8 Å². The molecule has 1 amide bonds. The van der Waals surface area contributed by atoms with Gasteiger partial charge in [0.15, 0.2) is 11.5 Å². The van der Waals surface area contributed by atoms with Crippen LogP contribution in [-0.4, -0.2) is 34.1 Å². The maximum absolute atomic E-state index is 11.7. The molecule has 0 unspecified atom stereocenters. The van der Waals surface area contributed by atoms with Crippen molar-refractivity contribution in [3.05, 3.63) is 34.6 Å². The molecule has 1 atom stereocenters. The highest BCUT2D eigenvalue weighted by atomic mass is 35.5. The fourth-order valence-electron chi connectivity index (χ4n) is 2.86. The lowest BCUT2D eigenvalue weighted by Crippen LogP contribution is -2.48. The standard InChI is InChI=1S/C15H15ClN6O2/c1-9(23)20-15(14-18-10(2)24-21-14)5-6-22(8-15)13-4-3-11(16)12(7-17)19-13/h3-4H,5-6,8H2,1-2H3,(H,20,23)/t15-/m1/s1. The Labute approximate surface area is 143 Å². The Balaban J connectivity index is 1.93. The molecule has 24 heavy (non-hydrogen) atoms. The Kier molecular flexibility index (Phi) is 4.11. The lowest BCUT2D eigenvalue weighted by molar-refractivity contribution is -0.120. The fourth-order valence-corrected chi connectivity index (χ4v) is 3.01. The molecular weight excluding hydrogens is 332 g/mol. The number of anilines is 1. The largest absolute Gasteiger partial charge is 0.354 e. The average Bonchev–Trinajstić information content (AvgIpc) is 3.15. The first-order chi connectivity index (χ1) is 11.4. The van der Waals surface area contributed by atoms with Gasteiger partial charge in [-0.1, -0.05) is 16.8 Å². The summed E-state index contributed by atoms with van der Waals surface area (Å²) in [5.41, 5.74) is -0.584. The van der Waals surface area contributed by atoms with E-state index in [4.69, 9.17) is 21.4 Å². The van der Waals surface area contributed by atoms with E-state index >= 15 is 0 Å². The van der Waals surface area contributed by atoms with Crippen molar-refractivity contribution in [1.82, 2.24) is 20.4 Å². The van der Waals surface area contributed by atoms with Crippen LogP contribution >= 0.6 is 11.6 Å². The van der Waals surface area contributed by atoms with Crippen molar-refractivity contribution in [1.29, 1.82) is 5.26 Å². The van der Waals surface area contributed by atoms with Gasteiger partial charge in [0.1, 0.15) is 17.4 Å². The number of nitrogens with zero attached hydrogens (tertiary/aromatic N) is 5. The van der Waals surface area contributed by atoms with Gasteiger partial charge in [0.25, 0.3) is 0 Å². The van der Waals surface area contributed by atoms with Crippen molar-refractivity contribution in [2.24, 2.45) is 0 Å². The molecule has 9 heteroatoms. The van der Waals surface area contributed by atoms with Crippen molar-refractivity contribution >= 4 is 23.3 Å². The van der Waals surface area contributed by atoms with Crippen LogP contribution in [0, 0.1) is 18.3 Å². The van der Waals surface area contributed by atoms with Crippen molar-refractivity contribution in [3.8, 4) is 6.07 Å². The molecule has 0 bridgehead atoms. The highest BCUT2D eigenvalue weighted by Crippen LogP contribution is 2.33. The smallest absolute Gasteiger partial charge is 0.223 e. The predicted octanol–water partition coefficient (Wildman–Crippen LogP) is 1.54. The molecule has 0 spiro atoms. The molecule has 3 heterocycles. The number of pyridine rings is 1. The SMILES string of the molecule is CC(=O)N[C@]1(c2noc(C)n2)CCN(c2ccc(Cl)c(C#N)n2)C1.